The van der Waals surface area contributed by atoms with Crippen molar-refractivity contribution in [1.82, 2.24) is 9.88 Å². The lowest BCUT2D eigenvalue weighted by atomic mass is 10.1. The molecule has 7 nitrogen and oxygen atoms in total. The fourth-order valence-corrected chi connectivity index (χ4v) is 5.02. The molecule has 0 radical (unpaired) electrons. The molecule has 3 heterocycles. The summed E-state index contributed by atoms with van der Waals surface area (Å²) in [6, 6.07) is 24.7. The summed E-state index contributed by atoms with van der Waals surface area (Å²) < 4.78 is 12.3. The quantitative estimate of drug-likeness (QED) is 0.230. The van der Waals surface area contributed by atoms with Crippen LogP contribution in [0, 0.1) is 11.3 Å². The Hall–Kier alpha value is -4.80. The van der Waals surface area contributed by atoms with E-state index in [1.165, 1.54) is 31.0 Å². The first-order valence-electron chi connectivity index (χ1n) is 13.1. The molecule has 2 N–H and O–H groups in total. The van der Waals surface area contributed by atoms with Gasteiger partial charge in [-0.3, -0.25) is 9.88 Å². The van der Waals surface area contributed by atoms with Crippen LogP contribution in [0.3, 0.4) is 0 Å². The van der Waals surface area contributed by atoms with Crippen molar-refractivity contribution in [3.05, 3.63) is 96.3 Å². The Bertz CT molecular complexity index is 1650. The predicted molar refractivity (Wildman–Crippen MR) is 151 cm³/mol. The van der Waals surface area contributed by atoms with Crippen molar-refractivity contribution in [1.29, 1.82) is 5.26 Å². The highest BCUT2D eigenvalue weighted by molar-refractivity contribution is 5.89. The van der Waals surface area contributed by atoms with Crippen molar-refractivity contribution < 1.29 is 14.3 Å². The molecule has 0 amide bonds. The van der Waals surface area contributed by atoms with E-state index in [1.807, 2.05) is 42.5 Å². The Morgan fingerprint density at radius 3 is 2.64 bits per heavy atom. The lowest BCUT2D eigenvalue weighted by Crippen LogP contribution is -2.28. The summed E-state index contributed by atoms with van der Waals surface area (Å²) in [5.74, 6) is 1.81. The standard InChI is InChI=1S/C32H28N4O3/c33-18-24-19-34-20-27(31-16-23-15-22(9-11-29(23)39-31)21-36-13-5-2-6-14-36)32(24)35-28-17-25(37)10-12-30(28)38-26-7-3-1-4-8-26/h1,3-4,7-12,15-17,19-20,37H,2,5-6,13-14,21H2,(H,34,35). The molecule has 1 aliphatic heterocycles. The van der Waals surface area contributed by atoms with Crippen LogP contribution in [-0.2, 0) is 6.54 Å². The van der Waals surface area contributed by atoms with E-state index in [0.717, 1.165) is 30.6 Å². The van der Waals surface area contributed by atoms with Gasteiger partial charge in [0.25, 0.3) is 0 Å². The summed E-state index contributed by atoms with van der Waals surface area (Å²) in [5, 5.41) is 24.5. The monoisotopic (exact) mass is 516 g/mol. The predicted octanol–water partition coefficient (Wildman–Crippen LogP) is 7.59. The third-order valence-corrected chi connectivity index (χ3v) is 6.96. The number of hydrogen-bond donors (Lipinski definition) is 2. The van der Waals surface area contributed by atoms with E-state index < -0.39 is 0 Å². The number of aromatic nitrogens is 1. The minimum Gasteiger partial charge on any atom is -0.508 e. The number of phenolic OH excluding ortho intramolecular Hbond substituents is 1. The molecule has 5 aromatic rings. The average molecular weight is 517 g/mol. The Balaban J connectivity index is 1.35. The van der Waals surface area contributed by atoms with Gasteiger partial charge in [0, 0.05) is 30.4 Å². The number of ether oxygens (including phenoxy) is 1. The molecular formula is C32H28N4O3. The highest BCUT2D eigenvalue weighted by Gasteiger charge is 2.18. The van der Waals surface area contributed by atoms with E-state index in [1.54, 1.807) is 24.4 Å². The van der Waals surface area contributed by atoms with Crippen LogP contribution < -0.4 is 10.1 Å². The minimum absolute atomic E-state index is 0.0667. The number of benzene rings is 3. The number of aromatic hydroxyl groups is 1. The number of nitrogens with one attached hydrogen (secondary N) is 1. The Morgan fingerprint density at radius 2 is 1.82 bits per heavy atom. The summed E-state index contributed by atoms with van der Waals surface area (Å²) >= 11 is 0. The van der Waals surface area contributed by atoms with E-state index >= 15 is 0 Å². The molecule has 7 heteroatoms. The van der Waals surface area contributed by atoms with Gasteiger partial charge in [-0.25, -0.2) is 0 Å². The van der Waals surface area contributed by atoms with Crippen molar-refractivity contribution in [3.8, 4) is 34.6 Å². The Kier molecular flexibility index (Phi) is 6.86. The van der Waals surface area contributed by atoms with Crippen LogP contribution >= 0.6 is 0 Å². The van der Waals surface area contributed by atoms with E-state index in [2.05, 4.69) is 33.4 Å². The van der Waals surface area contributed by atoms with E-state index in [-0.39, 0.29) is 5.75 Å². The number of nitriles is 1. The van der Waals surface area contributed by atoms with Gasteiger partial charge >= 0.3 is 0 Å². The van der Waals surface area contributed by atoms with Crippen LogP contribution in [0.15, 0.2) is 89.6 Å². The van der Waals surface area contributed by atoms with Crippen LogP contribution in [-0.4, -0.2) is 28.1 Å². The largest absolute Gasteiger partial charge is 0.508 e. The summed E-state index contributed by atoms with van der Waals surface area (Å²) in [7, 11) is 0. The smallest absolute Gasteiger partial charge is 0.151 e. The van der Waals surface area contributed by atoms with Crippen LogP contribution in [0.2, 0.25) is 0 Å². The Labute approximate surface area is 226 Å². The van der Waals surface area contributed by atoms with Crippen molar-refractivity contribution in [2.24, 2.45) is 0 Å². The third kappa shape index (κ3) is 5.42. The summed E-state index contributed by atoms with van der Waals surface area (Å²) in [5.41, 5.74) is 4.02. The fourth-order valence-electron chi connectivity index (χ4n) is 5.02. The van der Waals surface area contributed by atoms with Crippen molar-refractivity contribution in [2.45, 2.75) is 25.8 Å². The number of nitrogens with zero attached hydrogens (tertiary/aromatic N) is 3. The number of rotatable bonds is 7. The molecule has 39 heavy (non-hydrogen) atoms. The van der Waals surface area contributed by atoms with Gasteiger partial charge in [0.05, 0.1) is 22.5 Å². The molecule has 1 aliphatic rings. The van der Waals surface area contributed by atoms with Gasteiger partial charge in [-0.15, -0.1) is 0 Å². The number of fused-ring (bicyclic) bond motifs is 1. The van der Waals surface area contributed by atoms with Gasteiger partial charge in [0.15, 0.2) is 5.75 Å². The van der Waals surface area contributed by atoms with Crippen LogP contribution in [0.1, 0.15) is 30.4 Å². The van der Waals surface area contributed by atoms with Gasteiger partial charge in [-0.2, -0.15) is 5.26 Å². The first-order chi connectivity index (χ1) is 19.2. The van der Waals surface area contributed by atoms with E-state index in [0.29, 0.717) is 39.8 Å². The molecule has 0 bridgehead atoms. The summed E-state index contributed by atoms with van der Waals surface area (Å²) in [4.78, 5) is 6.80. The van der Waals surface area contributed by atoms with Gasteiger partial charge in [-0.05, 0) is 74.0 Å². The number of furan rings is 1. The average Bonchev–Trinajstić information content (AvgIpc) is 3.39. The molecule has 6 rings (SSSR count). The fraction of sp³-hybridized carbons (Fsp3) is 0.188. The van der Waals surface area contributed by atoms with Crippen LogP contribution in [0.4, 0.5) is 11.4 Å². The molecule has 0 unspecified atom stereocenters. The van der Waals surface area contributed by atoms with E-state index in [9.17, 15) is 10.4 Å². The van der Waals surface area contributed by atoms with Gasteiger partial charge in [0.2, 0.25) is 0 Å². The van der Waals surface area contributed by atoms with Crippen molar-refractivity contribution >= 4 is 22.3 Å². The molecule has 0 aliphatic carbocycles. The molecule has 0 atom stereocenters. The number of likely N-dealkylation sites (tertiary alicyclic amines) is 1. The van der Waals surface area contributed by atoms with Crippen LogP contribution in [0.25, 0.3) is 22.3 Å². The lowest BCUT2D eigenvalue weighted by molar-refractivity contribution is 0.221. The highest BCUT2D eigenvalue weighted by atomic mass is 16.5. The summed E-state index contributed by atoms with van der Waals surface area (Å²) in [6.45, 7) is 3.21. The third-order valence-electron chi connectivity index (χ3n) is 6.96. The number of piperidine rings is 1. The van der Waals surface area contributed by atoms with Crippen molar-refractivity contribution in [3.63, 3.8) is 0 Å². The molecule has 194 valence electrons. The maximum absolute atomic E-state index is 10.2. The molecule has 1 saturated heterocycles. The normalized spacial score (nSPS) is 13.7. The molecule has 0 spiro atoms. The van der Waals surface area contributed by atoms with Crippen molar-refractivity contribution in [2.75, 3.05) is 18.4 Å². The van der Waals surface area contributed by atoms with E-state index in [4.69, 9.17) is 9.15 Å². The van der Waals surface area contributed by atoms with Gasteiger partial charge < -0.3 is 19.6 Å². The van der Waals surface area contributed by atoms with Gasteiger partial charge in [0.1, 0.15) is 28.9 Å². The SMILES string of the molecule is N#Cc1cncc(-c2cc3cc(CN4CCCCC4)ccc3o2)c1Nc1cc(O)ccc1Oc1ccccc1. The zero-order valence-corrected chi connectivity index (χ0v) is 21.4. The first-order valence-corrected chi connectivity index (χ1v) is 13.1. The molecular weight excluding hydrogens is 488 g/mol. The second-order valence-electron chi connectivity index (χ2n) is 9.76. The number of pyridine rings is 1. The zero-order chi connectivity index (χ0) is 26.6. The summed E-state index contributed by atoms with van der Waals surface area (Å²) in [6.07, 6.45) is 7.01. The van der Waals surface area contributed by atoms with Crippen LogP contribution in [0.5, 0.6) is 17.2 Å². The second-order valence-corrected chi connectivity index (χ2v) is 9.76. The number of phenols is 1. The zero-order valence-electron chi connectivity index (χ0n) is 21.4. The second kappa shape index (κ2) is 10.9. The maximum Gasteiger partial charge on any atom is 0.151 e. The Morgan fingerprint density at radius 1 is 0.974 bits per heavy atom. The molecule has 3 aromatic carbocycles. The first kappa shape index (κ1) is 24.5. The number of anilines is 2. The van der Waals surface area contributed by atoms with Gasteiger partial charge in [-0.1, -0.05) is 30.7 Å². The number of hydrogen-bond acceptors (Lipinski definition) is 7. The molecule has 0 saturated carbocycles. The maximum atomic E-state index is 10.2. The molecule has 2 aromatic heterocycles. The molecule has 1 fully saturated rings. The lowest BCUT2D eigenvalue weighted by Gasteiger charge is -2.26. The number of para-hydroxylation sites is 1. The minimum atomic E-state index is 0.0667. The topological polar surface area (TPSA) is 94.6 Å². The highest BCUT2D eigenvalue weighted by Crippen LogP contribution is 2.40.